The molecule has 0 aromatic carbocycles. The third-order valence-electron chi connectivity index (χ3n) is 6.25. The number of hydrogen-bond donors (Lipinski definition) is 3. The van der Waals surface area contributed by atoms with Crippen LogP contribution in [0.15, 0.2) is 11.8 Å². The number of carboxylic acid groups (broad SMARTS) is 1. The molecule has 4 aliphatic rings. The van der Waals surface area contributed by atoms with E-state index in [-0.39, 0.29) is 17.0 Å². The zero-order valence-corrected chi connectivity index (χ0v) is 14.0. The molecular weight excluding hydrogens is 306 g/mol. The van der Waals surface area contributed by atoms with Crippen molar-refractivity contribution in [1.82, 2.24) is 10.6 Å². The molecule has 0 heterocycles. The van der Waals surface area contributed by atoms with Crippen molar-refractivity contribution < 1.29 is 14.7 Å². The standard InChI is InChI=1S/C18H25N3O3/c1-11(20-9-15(8-19)17(24)21-10-16(22)23)18-5-12-2-13(6-18)4-14(3-12)7-18/h9,11-14,20H,2-7,10H2,1H3,(H,21,24)(H,22,23)/b15-9-. The highest BCUT2D eigenvalue weighted by Crippen LogP contribution is 2.61. The molecule has 1 amide bonds. The lowest BCUT2D eigenvalue weighted by Gasteiger charge is -2.59. The Morgan fingerprint density at radius 3 is 2.25 bits per heavy atom. The minimum atomic E-state index is -1.13. The van der Waals surface area contributed by atoms with Crippen molar-refractivity contribution in [3.05, 3.63) is 11.8 Å². The molecule has 0 aromatic rings. The van der Waals surface area contributed by atoms with Crippen molar-refractivity contribution in [2.45, 2.75) is 51.5 Å². The number of hydrogen-bond acceptors (Lipinski definition) is 4. The smallest absolute Gasteiger partial charge is 0.322 e. The normalized spacial score (nSPS) is 35.2. The molecule has 0 saturated heterocycles. The maximum atomic E-state index is 11.8. The zero-order valence-electron chi connectivity index (χ0n) is 14.0. The molecule has 4 bridgehead atoms. The van der Waals surface area contributed by atoms with Gasteiger partial charge < -0.3 is 15.7 Å². The first-order valence-corrected chi connectivity index (χ1v) is 8.78. The summed E-state index contributed by atoms with van der Waals surface area (Å²) < 4.78 is 0. The van der Waals surface area contributed by atoms with E-state index in [0.717, 1.165) is 17.8 Å². The number of carboxylic acids is 1. The summed E-state index contributed by atoms with van der Waals surface area (Å²) in [5.74, 6) is 0.761. The molecule has 4 fully saturated rings. The number of aliphatic carboxylic acids is 1. The second-order valence-corrected chi connectivity index (χ2v) is 7.91. The Morgan fingerprint density at radius 2 is 1.79 bits per heavy atom. The Bertz CT molecular complexity index is 570. The van der Waals surface area contributed by atoms with Gasteiger partial charge in [-0.15, -0.1) is 0 Å². The minimum absolute atomic E-state index is 0.0761. The van der Waals surface area contributed by atoms with Crippen LogP contribution in [-0.2, 0) is 9.59 Å². The number of amides is 1. The lowest BCUT2D eigenvalue weighted by molar-refractivity contribution is -0.137. The van der Waals surface area contributed by atoms with Crippen LogP contribution in [0.1, 0.15) is 45.4 Å². The van der Waals surface area contributed by atoms with Crippen LogP contribution in [0.5, 0.6) is 0 Å². The molecule has 0 aromatic heterocycles. The molecule has 6 nitrogen and oxygen atoms in total. The molecule has 130 valence electrons. The van der Waals surface area contributed by atoms with Crippen molar-refractivity contribution in [2.24, 2.45) is 23.2 Å². The van der Waals surface area contributed by atoms with Crippen LogP contribution in [0, 0.1) is 34.5 Å². The average molecular weight is 331 g/mol. The average Bonchev–Trinajstić information content (AvgIpc) is 2.51. The van der Waals surface area contributed by atoms with Crippen LogP contribution in [0.25, 0.3) is 0 Å². The van der Waals surface area contributed by atoms with Gasteiger partial charge >= 0.3 is 5.97 Å². The lowest BCUT2D eigenvalue weighted by atomic mass is 9.48. The van der Waals surface area contributed by atoms with Gasteiger partial charge in [0, 0.05) is 12.2 Å². The fourth-order valence-electron chi connectivity index (χ4n) is 5.49. The molecule has 0 radical (unpaired) electrons. The topological polar surface area (TPSA) is 102 Å². The molecule has 24 heavy (non-hydrogen) atoms. The van der Waals surface area contributed by atoms with Gasteiger partial charge in [-0.05, 0) is 68.6 Å². The maximum absolute atomic E-state index is 11.8. The molecule has 0 aliphatic heterocycles. The van der Waals surface area contributed by atoms with Crippen molar-refractivity contribution in [2.75, 3.05) is 6.54 Å². The summed E-state index contributed by atoms with van der Waals surface area (Å²) >= 11 is 0. The largest absolute Gasteiger partial charge is 0.480 e. The highest BCUT2D eigenvalue weighted by atomic mass is 16.4. The summed E-state index contributed by atoms with van der Waals surface area (Å²) in [5.41, 5.74) is 0.205. The first-order valence-electron chi connectivity index (χ1n) is 8.78. The van der Waals surface area contributed by atoms with Gasteiger partial charge in [0.25, 0.3) is 5.91 Å². The summed E-state index contributed by atoms with van der Waals surface area (Å²) in [7, 11) is 0. The number of carbonyl (C=O) groups excluding carboxylic acids is 1. The Kier molecular flexibility index (Phi) is 4.53. The van der Waals surface area contributed by atoms with E-state index >= 15 is 0 Å². The van der Waals surface area contributed by atoms with Crippen molar-refractivity contribution in [3.8, 4) is 6.07 Å². The zero-order chi connectivity index (χ0) is 17.3. The van der Waals surface area contributed by atoms with Gasteiger partial charge in [-0.3, -0.25) is 9.59 Å². The summed E-state index contributed by atoms with van der Waals surface area (Å²) in [6.07, 6.45) is 9.32. The third kappa shape index (κ3) is 3.26. The summed E-state index contributed by atoms with van der Waals surface area (Å²) in [4.78, 5) is 22.3. The van der Waals surface area contributed by atoms with Gasteiger partial charge in [0.05, 0.1) is 0 Å². The van der Waals surface area contributed by atoms with E-state index < -0.39 is 18.4 Å². The first-order chi connectivity index (χ1) is 11.4. The molecule has 0 spiro atoms. The Hall–Kier alpha value is -2.03. The van der Waals surface area contributed by atoms with Crippen LogP contribution >= 0.6 is 0 Å². The lowest BCUT2D eigenvalue weighted by Crippen LogP contribution is -2.54. The van der Waals surface area contributed by atoms with Gasteiger partial charge in [0.2, 0.25) is 0 Å². The fourth-order valence-corrected chi connectivity index (χ4v) is 5.49. The Morgan fingerprint density at radius 1 is 1.25 bits per heavy atom. The maximum Gasteiger partial charge on any atom is 0.322 e. The second kappa shape index (κ2) is 6.46. The number of nitrogens with one attached hydrogen (secondary N) is 2. The molecular formula is C18H25N3O3. The van der Waals surface area contributed by atoms with Crippen LogP contribution in [-0.4, -0.2) is 29.6 Å². The molecule has 6 heteroatoms. The highest BCUT2D eigenvalue weighted by molar-refractivity contribution is 5.98. The monoisotopic (exact) mass is 331 g/mol. The molecule has 4 aliphatic carbocycles. The first kappa shape index (κ1) is 16.8. The summed E-state index contributed by atoms with van der Waals surface area (Å²) in [6, 6.07) is 2.06. The summed E-state index contributed by atoms with van der Waals surface area (Å²) in [5, 5.41) is 23.2. The quantitative estimate of drug-likeness (QED) is 0.509. The van der Waals surface area contributed by atoms with Crippen LogP contribution in [0.4, 0.5) is 0 Å². The number of nitrogens with zero attached hydrogens (tertiary/aromatic N) is 1. The van der Waals surface area contributed by atoms with Crippen molar-refractivity contribution in [3.63, 3.8) is 0 Å². The Labute approximate surface area is 142 Å². The van der Waals surface area contributed by atoms with Gasteiger partial charge in [-0.1, -0.05) is 0 Å². The molecule has 1 atom stereocenters. The van der Waals surface area contributed by atoms with E-state index in [4.69, 9.17) is 10.4 Å². The number of nitriles is 1. The SMILES string of the molecule is CC(N/C=C(/C#N)C(=O)NCC(=O)O)C12CC3CC(CC(C3)C1)C2. The molecule has 3 N–H and O–H groups in total. The second-order valence-electron chi connectivity index (χ2n) is 7.91. The minimum Gasteiger partial charge on any atom is -0.480 e. The number of carbonyl (C=O) groups is 2. The Balaban J connectivity index is 1.63. The number of rotatable bonds is 6. The fraction of sp³-hybridized carbons (Fsp3) is 0.722. The van der Waals surface area contributed by atoms with Gasteiger partial charge in [-0.2, -0.15) is 5.26 Å². The van der Waals surface area contributed by atoms with Crippen molar-refractivity contribution >= 4 is 11.9 Å². The van der Waals surface area contributed by atoms with Gasteiger partial charge in [0.1, 0.15) is 18.2 Å². The van der Waals surface area contributed by atoms with E-state index in [1.807, 2.05) is 6.07 Å². The van der Waals surface area contributed by atoms with E-state index in [1.54, 1.807) is 0 Å². The van der Waals surface area contributed by atoms with Gasteiger partial charge in [-0.25, -0.2) is 0 Å². The van der Waals surface area contributed by atoms with E-state index in [2.05, 4.69) is 17.6 Å². The molecule has 4 saturated carbocycles. The van der Waals surface area contributed by atoms with Crippen molar-refractivity contribution in [1.29, 1.82) is 5.26 Å². The van der Waals surface area contributed by atoms with Crippen LogP contribution in [0.2, 0.25) is 0 Å². The van der Waals surface area contributed by atoms with Crippen LogP contribution < -0.4 is 10.6 Å². The van der Waals surface area contributed by atoms with Gasteiger partial charge in [0.15, 0.2) is 0 Å². The predicted molar refractivity (Wildman–Crippen MR) is 87.5 cm³/mol. The highest BCUT2D eigenvalue weighted by Gasteiger charge is 2.52. The third-order valence-corrected chi connectivity index (χ3v) is 6.25. The van der Waals surface area contributed by atoms with E-state index in [9.17, 15) is 9.59 Å². The van der Waals surface area contributed by atoms with E-state index in [0.29, 0.717) is 0 Å². The van der Waals surface area contributed by atoms with E-state index in [1.165, 1.54) is 44.7 Å². The molecule has 4 rings (SSSR count). The predicted octanol–water partition coefficient (Wildman–Crippen LogP) is 1.79. The molecule has 1 unspecified atom stereocenters. The summed E-state index contributed by atoms with van der Waals surface area (Å²) in [6.45, 7) is 1.66. The van der Waals surface area contributed by atoms with Crippen LogP contribution in [0.3, 0.4) is 0 Å².